The molecule has 1 aromatic rings. The van der Waals surface area contributed by atoms with E-state index in [4.69, 9.17) is 4.74 Å². The quantitative estimate of drug-likeness (QED) is 0.775. The van der Waals surface area contributed by atoms with Crippen LogP contribution in [-0.4, -0.2) is 26.3 Å². The van der Waals surface area contributed by atoms with Gasteiger partial charge >= 0.3 is 0 Å². The Bertz CT molecular complexity index is 355. The van der Waals surface area contributed by atoms with E-state index >= 15 is 0 Å². The molecule has 0 aromatic heterocycles. The zero-order valence-electron chi connectivity index (χ0n) is 13.1. The molecule has 2 nitrogen and oxygen atoms in total. The van der Waals surface area contributed by atoms with Gasteiger partial charge in [-0.3, -0.25) is 0 Å². The van der Waals surface area contributed by atoms with Gasteiger partial charge in [0.05, 0.1) is 0 Å². The Morgan fingerprint density at radius 1 is 1.21 bits per heavy atom. The molecule has 0 spiro atoms. The first kappa shape index (κ1) is 16.2. The van der Waals surface area contributed by atoms with E-state index < -0.39 is 0 Å². The first-order chi connectivity index (χ1) is 9.08. The van der Waals surface area contributed by atoms with Gasteiger partial charge in [-0.25, -0.2) is 0 Å². The SMILES string of the molecule is CCNC(Cc1c(C)cccc1C)CC(C)COC. The highest BCUT2D eigenvalue weighted by Crippen LogP contribution is 2.18. The Balaban J connectivity index is 2.72. The van der Waals surface area contributed by atoms with Crippen molar-refractivity contribution in [3.63, 3.8) is 0 Å². The van der Waals surface area contributed by atoms with Gasteiger partial charge in [-0.2, -0.15) is 0 Å². The van der Waals surface area contributed by atoms with E-state index in [1.54, 1.807) is 7.11 Å². The van der Waals surface area contributed by atoms with Crippen molar-refractivity contribution < 1.29 is 4.74 Å². The molecule has 0 bridgehead atoms. The molecule has 0 aliphatic carbocycles. The van der Waals surface area contributed by atoms with Crippen LogP contribution in [0, 0.1) is 19.8 Å². The van der Waals surface area contributed by atoms with E-state index in [0.29, 0.717) is 12.0 Å². The fourth-order valence-electron chi connectivity index (χ4n) is 2.78. The number of methoxy groups -OCH3 is 1. The lowest BCUT2D eigenvalue weighted by Gasteiger charge is -2.23. The predicted octanol–water partition coefficient (Wildman–Crippen LogP) is 3.50. The summed E-state index contributed by atoms with van der Waals surface area (Å²) in [5.41, 5.74) is 4.31. The molecule has 0 aliphatic rings. The number of likely N-dealkylation sites (N-methyl/N-ethyl adjacent to an activating group) is 1. The number of benzene rings is 1. The van der Waals surface area contributed by atoms with Crippen molar-refractivity contribution in [3.05, 3.63) is 34.9 Å². The van der Waals surface area contributed by atoms with Gasteiger partial charge in [0, 0.05) is 19.8 Å². The van der Waals surface area contributed by atoms with Crippen molar-refractivity contribution in [1.82, 2.24) is 5.32 Å². The van der Waals surface area contributed by atoms with Crippen molar-refractivity contribution in [3.8, 4) is 0 Å². The molecule has 0 saturated carbocycles. The Labute approximate surface area is 118 Å². The topological polar surface area (TPSA) is 21.3 Å². The van der Waals surface area contributed by atoms with Gasteiger partial charge in [-0.15, -0.1) is 0 Å². The van der Waals surface area contributed by atoms with Crippen LogP contribution in [0.1, 0.15) is 37.0 Å². The van der Waals surface area contributed by atoms with E-state index in [9.17, 15) is 0 Å². The second-order valence-corrected chi connectivity index (χ2v) is 5.63. The van der Waals surface area contributed by atoms with Crippen LogP contribution in [0.15, 0.2) is 18.2 Å². The summed E-state index contributed by atoms with van der Waals surface area (Å²) in [6, 6.07) is 7.10. The standard InChI is InChI=1S/C17H29NO/c1-6-18-16(10-13(2)12-19-5)11-17-14(3)8-7-9-15(17)4/h7-9,13,16,18H,6,10-12H2,1-5H3. The molecule has 19 heavy (non-hydrogen) atoms. The average Bonchev–Trinajstić information content (AvgIpc) is 2.34. The summed E-state index contributed by atoms with van der Waals surface area (Å²) in [4.78, 5) is 0. The third-order valence-electron chi connectivity index (χ3n) is 3.73. The highest BCUT2D eigenvalue weighted by atomic mass is 16.5. The van der Waals surface area contributed by atoms with Gasteiger partial charge in [0.25, 0.3) is 0 Å². The van der Waals surface area contributed by atoms with Crippen molar-refractivity contribution >= 4 is 0 Å². The van der Waals surface area contributed by atoms with Crippen molar-refractivity contribution in [2.24, 2.45) is 5.92 Å². The third kappa shape index (κ3) is 5.33. The van der Waals surface area contributed by atoms with Gasteiger partial charge < -0.3 is 10.1 Å². The fourth-order valence-corrected chi connectivity index (χ4v) is 2.78. The molecule has 2 unspecified atom stereocenters. The second-order valence-electron chi connectivity index (χ2n) is 5.63. The number of aryl methyl sites for hydroxylation is 2. The summed E-state index contributed by atoms with van der Waals surface area (Å²) >= 11 is 0. The maximum absolute atomic E-state index is 5.25. The summed E-state index contributed by atoms with van der Waals surface area (Å²) in [5.74, 6) is 0.596. The van der Waals surface area contributed by atoms with Crippen molar-refractivity contribution in [2.45, 2.75) is 46.6 Å². The minimum absolute atomic E-state index is 0.537. The summed E-state index contributed by atoms with van der Waals surface area (Å²) < 4.78 is 5.25. The lowest BCUT2D eigenvalue weighted by Crippen LogP contribution is -2.33. The van der Waals surface area contributed by atoms with E-state index in [0.717, 1.165) is 26.0 Å². The van der Waals surface area contributed by atoms with Crippen LogP contribution in [0.3, 0.4) is 0 Å². The van der Waals surface area contributed by atoms with Crippen LogP contribution in [0.2, 0.25) is 0 Å². The number of nitrogens with one attached hydrogen (secondary N) is 1. The molecular formula is C17H29NO. The largest absolute Gasteiger partial charge is 0.384 e. The van der Waals surface area contributed by atoms with Crippen LogP contribution in [0.5, 0.6) is 0 Å². The Morgan fingerprint density at radius 3 is 2.37 bits per heavy atom. The van der Waals surface area contributed by atoms with E-state index in [-0.39, 0.29) is 0 Å². The molecule has 1 aromatic carbocycles. The molecule has 0 aliphatic heterocycles. The molecule has 0 amide bonds. The monoisotopic (exact) mass is 263 g/mol. The van der Waals surface area contributed by atoms with E-state index in [1.165, 1.54) is 16.7 Å². The predicted molar refractivity (Wildman–Crippen MR) is 82.7 cm³/mol. The highest BCUT2D eigenvalue weighted by Gasteiger charge is 2.15. The van der Waals surface area contributed by atoms with Crippen molar-refractivity contribution in [2.75, 3.05) is 20.3 Å². The van der Waals surface area contributed by atoms with Gasteiger partial charge in [-0.1, -0.05) is 32.0 Å². The highest BCUT2D eigenvalue weighted by molar-refractivity contribution is 5.34. The molecular weight excluding hydrogens is 234 g/mol. The maximum atomic E-state index is 5.25. The Hall–Kier alpha value is -0.860. The maximum Gasteiger partial charge on any atom is 0.0488 e. The van der Waals surface area contributed by atoms with Crippen LogP contribution < -0.4 is 5.32 Å². The molecule has 1 rings (SSSR count). The molecule has 1 N–H and O–H groups in total. The first-order valence-electron chi connectivity index (χ1n) is 7.35. The number of hydrogen-bond acceptors (Lipinski definition) is 2. The number of ether oxygens (including phenoxy) is 1. The lowest BCUT2D eigenvalue weighted by molar-refractivity contribution is 0.149. The van der Waals surface area contributed by atoms with E-state index in [1.807, 2.05) is 0 Å². The lowest BCUT2D eigenvalue weighted by atomic mass is 9.92. The van der Waals surface area contributed by atoms with Crippen molar-refractivity contribution in [1.29, 1.82) is 0 Å². The molecule has 2 heteroatoms. The first-order valence-corrected chi connectivity index (χ1v) is 7.35. The summed E-state index contributed by atoms with van der Waals surface area (Å²) in [6.45, 7) is 10.7. The number of hydrogen-bond donors (Lipinski definition) is 1. The summed E-state index contributed by atoms with van der Waals surface area (Å²) in [6.07, 6.45) is 2.27. The van der Waals surface area contributed by atoms with Gasteiger partial charge in [0.2, 0.25) is 0 Å². The third-order valence-corrected chi connectivity index (χ3v) is 3.73. The van der Waals surface area contributed by atoms with Crippen LogP contribution in [-0.2, 0) is 11.2 Å². The van der Waals surface area contributed by atoms with E-state index in [2.05, 4.69) is 51.2 Å². The fraction of sp³-hybridized carbons (Fsp3) is 0.647. The molecule has 0 heterocycles. The van der Waals surface area contributed by atoms with Crippen LogP contribution in [0.25, 0.3) is 0 Å². The molecule has 108 valence electrons. The number of rotatable bonds is 8. The van der Waals surface area contributed by atoms with Gasteiger partial charge in [0.15, 0.2) is 0 Å². The molecule has 0 radical (unpaired) electrons. The Morgan fingerprint density at radius 2 is 1.84 bits per heavy atom. The van der Waals surface area contributed by atoms with Crippen LogP contribution >= 0.6 is 0 Å². The molecule has 0 saturated heterocycles. The van der Waals surface area contributed by atoms with Gasteiger partial charge in [-0.05, 0) is 55.8 Å². The summed E-state index contributed by atoms with van der Waals surface area (Å²) in [7, 11) is 1.78. The minimum Gasteiger partial charge on any atom is -0.384 e. The Kier molecular flexibility index (Phi) is 7.11. The smallest absolute Gasteiger partial charge is 0.0488 e. The van der Waals surface area contributed by atoms with Gasteiger partial charge in [0.1, 0.15) is 0 Å². The second kappa shape index (κ2) is 8.34. The van der Waals surface area contributed by atoms with Crippen LogP contribution in [0.4, 0.5) is 0 Å². The minimum atomic E-state index is 0.537. The average molecular weight is 263 g/mol. The zero-order chi connectivity index (χ0) is 14.3. The summed E-state index contributed by atoms with van der Waals surface area (Å²) in [5, 5.41) is 3.62. The normalized spacial score (nSPS) is 14.4. The zero-order valence-corrected chi connectivity index (χ0v) is 13.1. The molecule has 2 atom stereocenters. The molecule has 0 fully saturated rings.